The summed E-state index contributed by atoms with van der Waals surface area (Å²) in [5, 5.41) is 11.6. The SMILES string of the molecule is CCCNC(C)c1nnc(N(CCC)CCC)o1. The van der Waals surface area contributed by atoms with Crippen LogP contribution in [-0.4, -0.2) is 29.8 Å². The van der Waals surface area contributed by atoms with Gasteiger partial charge in [0.1, 0.15) is 0 Å². The van der Waals surface area contributed by atoms with Crippen molar-refractivity contribution in [2.75, 3.05) is 24.5 Å². The lowest BCUT2D eigenvalue weighted by Gasteiger charge is -2.18. The fraction of sp³-hybridized carbons (Fsp3) is 0.846. The first kappa shape index (κ1) is 15.0. The lowest BCUT2D eigenvalue weighted by molar-refractivity contribution is 0.413. The maximum absolute atomic E-state index is 5.75. The molecule has 0 spiro atoms. The normalized spacial score (nSPS) is 12.7. The summed E-state index contributed by atoms with van der Waals surface area (Å²) in [5.41, 5.74) is 0. The van der Waals surface area contributed by atoms with Crippen LogP contribution in [0.2, 0.25) is 0 Å². The van der Waals surface area contributed by atoms with Gasteiger partial charge in [0.05, 0.1) is 6.04 Å². The topological polar surface area (TPSA) is 54.2 Å². The van der Waals surface area contributed by atoms with Crippen LogP contribution in [0, 0.1) is 0 Å². The average Bonchev–Trinajstić information content (AvgIpc) is 2.85. The first-order valence-corrected chi connectivity index (χ1v) is 7.04. The van der Waals surface area contributed by atoms with Crippen molar-refractivity contribution in [1.29, 1.82) is 0 Å². The minimum atomic E-state index is 0.122. The summed E-state index contributed by atoms with van der Waals surface area (Å²) in [6.45, 7) is 11.4. The quantitative estimate of drug-likeness (QED) is 0.734. The maximum atomic E-state index is 5.75. The summed E-state index contributed by atoms with van der Waals surface area (Å²) in [5.74, 6) is 0.677. The van der Waals surface area contributed by atoms with E-state index in [1.165, 1.54) is 0 Å². The highest BCUT2D eigenvalue weighted by Crippen LogP contribution is 2.17. The minimum absolute atomic E-state index is 0.122. The van der Waals surface area contributed by atoms with Gasteiger partial charge in [0.25, 0.3) is 0 Å². The van der Waals surface area contributed by atoms with Gasteiger partial charge in [-0.1, -0.05) is 25.9 Å². The minimum Gasteiger partial charge on any atom is -0.406 e. The van der Waals surface area contributed by atoms with Gasteiger partial charge in [-0.25, -0.2) is 0 Å². The molecule has 0 saturated heterocycles. The third-order valence-corrected chi connectivity index (χ3v) is 2.76. The van der Waals surface area contributed by atoms with Gasteiger partial charge >= 0.3 is 6.01 Å². The molecule has 0 aliphatic carbocycles. The molecule has 18 heavy (non-hydrogen) atoms. The Kier molecular flexibility index (Phi) is 6.72. The van der Waals surface area contributed by atoms with Crippen molar-refractivity contribution in [3.8, 4) is 0 Å². The molecule has 0 fully saturated rings. The van der Waals surface area contributed by atoms with Crippen LogP contribution >= 0.6 is 0 Å². The van der Waals surface area contributed by atoms with E-state index < -0.39 is 0 Å². The van der Waals surface area contributed by atoms with Crippen LogP contribution in [0.1, 0.15) is 58.9 Å². The van der Waals surface area contributed by atoms with Crippen molar-refractivity contribution < 1.29 is 4.42 Å². The van der Waals surface area contributed by atoms with Crippen molar-refractivity contribution >= 4 is 6.01 Å². The molecule has 1 rings (SSSR count). The van der Waals surface area contributed by atoms with E-state index in [9.17, 15) is 0 Å². The molecule has 0 aliphatic rings. The second-order valence-electron chi connectivity index (χ2n) is 4.59. The zero-order valence-electron chi connectivity index (χ0n) is 12.1. The highest BCUT2D eigenvalue weighted by atomic mass is 16.4. The predicted octanol–water partition coefficient (Wildman–Crippen LogP) is 2.76. The van der Waals surface area contributed by atoms with Crippen LogP contribution in [0.25, 0.3) is 0 Å². The van der Waals surface area contributed by atoms with E-state index in [-0.39, 0.29) is 6.04 Å². The molecule has 0 aliphatic heterocycles. The van der Waals surface area contributed by atoms with E-state index in [2.05, 4.69) is 48.1 Å². The van der Waals surface area contributed by atoms with Crippen molar-refractivity contribution in [2.24, 2.45) is 0 Å². The lowest BCUT2D eigenvalue weighted by Crippen LogP contribution is -2.25. The molecule has 5 heteroatoms. The number of rotatable bonds is 9. The summed E-state index contributed by atoms with van der Waals surface area (Å²) in [6.07, 6.45) is 3.27. The summed E-state index contributed by atoms with van der Waals surface area (Å²) in [7, 11) is 0. The van der Waals surface area contributed by atoms with Gasteiger partial charge in [0.15, 0.2) is 0 Å². The van der Waals surface area contributed by atoms with Crippen LogP contribution < -0.4 is 10.2 Å². The molecule has 1 aromatic rings. The van der Waals surface area contributed by atoms with Crippen molar-refractivity contribution in [3.63, 3.8) is 0 Å². The van der Waals surface area contributed by atoms with E-state index in [1.807, 2.05) is 0 Å². The first-order valence-electron chi connectivity index (χ1n) is 7.04. The van der Waals surface area contributed by atoms with Gasteiger partial charge in [0.2, 0.25) is 5.89 Å². The Morgan fingerprint density at radius 3 is 2.33 bits per heavy atom. The standard InChI is InChI=1S/C13H26N4O/c1-5-8-14-11(4)12-15-16-13(18-12)17(9-6-2)10-7-3/h11,14H,5-10H2,1-4H3. The van der Waals surface area contributed by atoms with Crippen LogP contribution in [0.4, 0.5) is 6.01 Å². The molecule has 1 aromatic heterocycles. The molecular weight excluding hydrogens is 228 g/mol. The Labute approximate surface area is 110 Å². The molecule has 1 atom stereocenters. The van der Waals surface area contributed by atoms with Gasteiger partial charge in [-0.05, 0) is 32.7 Å². The molecule has 0 bridgehead atoms. The third kappa shape index (κ3) is 4.29. The molecule has 104 valence electrons. The molecule has 0 radical (unpaired) electrons. The molecular formula is C13H26N4O. The fourth-order valence-electron chi connectivity index (χ4n) is 1.82. The number of aromatic nitrogens is 2. The highest BCUT2D eigenvalue weighted by Gasteiger charge is 2.16. The van der Waals surface area contributed by atoms with Gasteiger partial charge in [-0.2, -0.15) is 0 Å². The Hall–Kier alpha value is -1.10. The second kappa shape index (κ2) is 8.08. The van der Waals surface area contributed by atoms with Crippen LogP contribution in [-0.2, 0) is 0 Å². The smallest absolute Gasteiger partial charge is 0.318 e. The van der Waals surface area contributed by atoms with E-state index in [4.69, 9.17) is 4.42 Å². The third-order valence-electron chi connectivity index (χ3n) is 2.76. The Balaban J connectivity index is 2.64. The zero-order chi connectivity index (χ0) is 13.4. The van der Waals surface area contributed by atoms with Gasteiger partial charge < -0.3 is 14.6 Å². The monoisotopic (exact) mass is 254 g/mol. The highest BCUT2D eigenvalue weighted by molar-refractivity contribution is 5.23. The molecule has 1 N–H and O–H groups in total. The second-order valence-corrected chi connectivity index (χ2v) is 4.59. The average molecular weight is 254 g/mol. The summed E-state index contributed by atoms with van der Waals surface area (Å²) in [6, 6.07) is 0.773. The summed E-state index contributed by atoms with van der Waals surface area (Å²) >= 11 is 0. The largest absolute Gasteiger partial charge is 0.406 e. The van der Waals surface area contributed by atoms with Crippen molar-refractivity contribution in [3.05, 3.63) is 5.89 Å². The predicted molar refractivity (Wildman–Crippen MR) is 73.8 cm³/mol. The molecule has 0 aromatic carbocycles. The van der Waals surface area contributed by atoms with Crippen molar-refractivity contribution in [2.45, 2.75) is 53.0 Å². The van der Waals surface area contributed by atoms with Gasteiger partial charge in [-0.3, -0.25) is 0 Å². The Morgan fingerprint density at radius 2 is 1.78 bits per heavy atom. The zero-order valence-corrected chi connectivity index (χ0v) is 12.1. The summed E-state index contributed by atoms with van der Waals surface area (Å²) in [4.78, 5) is 2.16. The van der Waals surface area contributed by atoms with E-state index >= 15 is 0 Å². The van der Waals surface area contributed by atoms with E-state index in [1.54, 1.807) is 0 Å². The molecule has 1 unspecified atom stereocenters. The van der Waals surface area contributed by atoms with Crippen LogP contribution in [0.5, 0.6) is 0 Å². The molecule has 5 nitrogen and oxygen atoms in total. The molecule has 0 saturated carbocycles. The van der Waals surface area contributed by atoms with Crippen LogP contribution in [0.3, 0.4) is 0 Å². The van der Waals surface area contributed by atoms with E-state index in [0.29, 0.717) is 11.9 Å². The maximum Gasteiger partial charge on any atom is 0.318 e. The van der Waals surface area contributed by atoms with Gasteiger partial charge in [0, 0.05) is 13.1 Å². The Bertz CT molecular complexity index is 321. The summed E-state index contributed by atoms with van der Waals surface area (Å²) < 4.78 is 5.75. The lowest BCUT2D eigenvalue weighted by atomic mass is 10.3. The Morgan fingerprint density at radius 1 is 1.11 bits per heavy atom. The first-order chi connectivity index (χ1) is 8.72. The number of nitrogens with zero attached hydrogens (tertiary/aromatic N) is 3. The van der Waals surface area contributed by atoms with Gasteiger partial charge in [-0.15, -0.1) is 5.10 Å². The van der Waals surface area contributed by atoms with Crippen molar-refractivity contribution in [1.82, 2.24) is 15.5 Å². The molecule has 0 amide bonds. The fourth-order valence-corrected chi connectivity index (χ4v) is 1.82. The van der Waals surface area contributed by atoms with E-state index in [0.717, 1.165) is 38.9 Å². The van der Waals surface area contributed by atoms with Crippen LogP contribution in [0.15, 0.2) is 4.42 Å². The molecule has 1 heterocycles. The number of anilines is 1. The number of hydrogen-bond acceptors (Lipinski definition) is 5. The number of nitrogens with one attached hydrogen (secondary N) is 1. The number of hydrogen-bond donors (Lipinski definition) is 1.